The van der Waals surface area contributed by atoms with E-state index < -0.39 is 0 Å². The lowest BCUT2D eigenvalue weighted by Gasteiger charge is -2.29. The van der Waals surface area contributed by atoms with Gasteiger partial charge in [0.05, 0.1) is 13.7 Å². The Morgan fingerprint density at radius 1 is 1.20 bits per heavy atom. The predicted molar refractivity (Wildman–Crippen MR) is 119 cm³/mol. The summed E-state index contributed by atoms with van der Waals surface area (Å²) in [5, 5.41) is 4.35. The molecule has 0 aliphatic heterocycles. The number of ether oxygens (including phenoxy) is 1. The highest BCUT2D eigenvalue weighted by molar-refractivity contribution is 6.30. The predicted octanol–water partition coefficient (Wildman–Crippen LogP) is 5.17. The molecule has 0 spiro atoms. The summed E-state index contributed by atoms with van der Waals surface area (Å²) in [7, 11) is 1.61. The van der Waals surface area contributed by atoms with Crippen molar-refractivity contribution in [2.24, 2.45) is 0 Å². The number of hydrogen-bond acceptors (Lipinski definition) is 3. The number of H-pyrrole nitrogens is 1. The van der Waals surface area contributed by atoms with Gasteiger partial charge in [-0.3, -0.25) is 4.79 Å². The first kappa shape index (κ1) is 20.3. The Hall–Kier alpha value is -2.99. The van der Waals surface area contributed by atoms with Gasteiger partial charge in [-0.15, -0.1) is 0 Å². The topological polar surface area (TPSA) is 74.4 Å². The molecule has 0 bridgehead atoms. The second kappa shape index (κ2) is 8.79. The van der Waals surface area contributed by atoms with Gasteiger partial charge in [0.2, 0.25) is 0 Å². The third kappa shape index (κ3) is 4.44. The average Bonchev–Trinajstić information content (AvgIpc) is 3.26. The Morgan fingerprint density at radius 3 is 2.73 bits per heavy atom. The third-order valence-corrected chi connectivity index (χ3v) is 5.81. The normalized spacial score (nSPS) is 14.1. The molecular weight excluding hydrogens is 402 g/mol. The summed E-state index contributed by atoms with van der Waals surface area (Å²) in [5.41, 5.74) is 1.73. The van der Waals surface area contributed by atoms with Crippen LogP contribution in [0, 0.1) is 0 Å². The Morgan fingerprint density at radius 2 is 2.00 bits per heavy atom. The molecule has 0 atom stereocenters. The van der Waals surface area contributed by atoms with Crippen LogP contribution in [0.3, 0.4) is 0 Å². The number of hydrogen-bond donors (Lipinski definition) is 2. The minimum atomic E-state index is -0.227. The number of rotatable bonds is 5. The molecule has 2 aromatic carbocycles. The van der Waals surface area contributed by atoms with E-state index in [-0.39, 0.29) is 24.2 Å². The van der Waals surface area contributed by atoms with Gasteiger partial charge in [-0.2, -0.15) is 0 Å². The molecule has 2 amide bonds. The van der Waals surface area contributed by atoms with Crippen LogP contribution in [0.4, 0.5) is 10.5 Å². The van der Waals surface area contributed by atoms with E-state index in [9.17, 15) is 9.59 Å². The number of aromatic nitrogens is 1. The van der Waals surface area contributed by atoms with Crippen LogP contribution in [-0.4, -0.2) is 29.1 Å². The van der Waals surface area contributed by atoms with Crippen molar-refractivity contribution < 1.29 is 9.53 Å². The first-order valence-electron chi connectivity index (χ1n) is 10.1. The van der Waals surface area contributed by atoms with Crippen molar-refractivity contribution in [1.82, 2.24) is 9.88 Å². The van der Waals surface area contributed by atoms with Crippen LogP contribution in [0.25, 0.3) is 10.9 Å². The standard InChI is InChI=1S/C23H24ClN3O3/c1-30-20-9-10-21-15(12-20)11-16(22(28)26-21)14-27(19-7-2-3-8-19)23(29)25-18-6-4-5-17(24)13-18/h4-6,9-13,19H,2-3,7-8,14H2,1H3,(H,25,29)(H,26,28). The smallest absolute Gasteiger partial charge is 0.322 e. The Balaban J connectivity index is 1.64. The SMILES string of the molecule is COc1ccc2[nH]c(=O)c(CN(C(=O)Nc3cccc(Cl)c3)C3CCCC3)cc2c1. The number of methoxy groups -OCH3 is 1. The van der Waals surface area contributed by atoms with Crippen molar-refractivity contribution in [2.45, 2.75) is 38.3 Å². The van der Waals surface area contributed by atoms with Crippen molar-refractivity contribution in [3.05, 3.63) is 69.5 Å². The van der Waals surface area contributed by atoms with Crippen LogP contribution in [0.2, 0.25) is 5.02 Å². The molecule has 0 unspecified atom stereocenters. The van der Waals surface area contributed by atoms with Gasteiger partial charge in [0.15, 0.2) is 0 Å². The number of nitrogens with zero attached hydrogens (tertiary/aromatic N) is 1. The molecule has 6 nitrogen and oxygen atoms in total. The van der Waals surface area contributed by atoms with Gasteiger partial charge >= 0.3 is 6.03 Å². The zero-order valence-corrected chi connectivity index (χ0v) is 17.5. The molecular formula is C23H24ClN3O3. The lowest BCUT2D eigenvalue weighted by Crippen LogP contribution is -2.42. The van der Waals surface area contributed by atoms with Gasteiger partial charge in [-0.25, -0.2) is 4.79 Å². The molecule has 156 valence electrons. The molecule has 2 N–H and O–H groups in total. The van der Waals surface area contributed by atoms with Crippen molar-refractivity contribution in [2.75, 3.05) is 12.4 Å². The summed E-state index contributed by atoms with van der Waals surface area (Å²) in [6.45, 7) is 0.236. The van der Waals surface area contributed by atoms with E-state index in [0.717, 1.165) is 36.6 Å². The first-order chi connectivity index (χ1) is 14.5. The van der Waals surface area contributed by atoms with E-state index in [0.29, 0.717) is 22.0 Å². The number of pyridine rings is 1. The second-order valence-electron chi connectivity index (χ2n) is 7.58. The molecule has 1 aliphatic rings. The van der Waals surface area contributed by atoms with E-state index in [1.165, 1.54) is 0 Å². The molecule has 1 aromatic heterocycles. The highest BCUT2D eigenvalue weighted by atomic mass is 35.5. The highest BCUT2D eigenvalue weighted by Gasteiger charge is 2.27. The number of aromatic amines is 1. The third-order valence-electron chi connectivity index (χ3n) is 5.57. The number of carbonyl (C=O) groups excluding carboxylic acids is 1. The molecule has 3 aromatic rings. The Labute approximate surface area is 179 Å². The molecule has 1 heterocycles. The van der Waals surface area contributed by atoms with E-state index in [2.05, 4.69) is 10.3 Å². The first-order valence-corrected chi connectivity index (χ1v) is 10.4. The van der Waals surface area contributed by atoms with Crippen molar-refractivity contribution in [3.63, 3.8) is 0 Å². The van der Waals surface area contributed by atoms with E-state index in [4.69, 9.17) is 16.3 Å². The highest BCUT2D eigenvalue weighted by Crippen LogP contribution is 2.27. The molecule has 7 heteroatoms. The molecule has 30 heavy (non-hydrogen) atoms. The summed E-state index contributed by atoms with van der Waals surface area (Å²) in [6, 6.07) is 14.3. The zero-order chi connectivity index (χ0) is 21.1. The summed E-state index contributed by atoms with van der Waals surface area (Å²) in [6.07, 6.45) is 4.03. The van der Waals surface area contributed by atoms with Gasteiger partial charge in [0, 0.05) is 33.2 Å². The monoisotopic (exact) mass is 425 g/mol. The molecule has 1 fully saturated rings. The number of halogens is 1. The lowest BCUT2D eigenvalue weighted by atomic mass is 10.1. The second-order valence-corrected chi connectivity index (χ2v) is 8.02. The van der Waals surface area contributed by atoms with Gasteiger partial charge in [-0.05, 0) is 55.3 Å². The quantitative estimate of drug-likeness (QED) is 0.592. The average molecular weight is 426 g/mol. The minimum absolute atomic E-state index is 0.101. The van der Waals surface area contributed by atoms with Crippen LogP contribution in [-0.2, 0) is 6.54 Å². The minimum Gasteiger partial charge on any atom is -0.497 e. The number of carbonyl (C=O) groups is 1. The molecule has 1 aliphatic carbocycles. The summed E-state index contributed by atoms with van der Waals surface area (Å²) < 4.78 is 5.29. The molecule has 4 rings (SSSR count). The maximum absolute atomic E-state index is 13.1. The number of amides is 2. The number of benzene rings is 2. The number of fused-ring (bicyclic) bond motifs is 1. The number of nitrogens with one attached hydrogen (secondary N) is 2. The van der Waals surface area contributed by atoms with E-state index in [1.54, 1.807) is 42.3 Å². The largest absolute Gasteiger partial charge is 0.497 e. The molecule has 1 saturated carbocycles. The van der Waals surface area contributed by atoms with Gasteiger partial charge < -0.3 is 19.9 Å². The van der Waals surface area contributed by atoms with E-state index in [1.807, 2.05) is 18.2 Å². The fourth-order valence-corrected chi connectivity index (χ4v) is 4.19. The van der Waals surface area contributed by atoms with Gasteiger partial charge in [0.1, 0.15) is 5.75 Å². The van der Waals surface area contributed by atoms with Crippen LogP contribution < -0.4 is 15.6 Å². The summed E-state index contributed by atoms with van der Waals surface area (Å²) in [5.74, 6) is 0.715. The van der Waals surface area contributed by atoms with Crippen LogP contribution in [0.1, 0.15) is 31.2 Å². The van der Waals surface area contributed by atoms with Gasteiger partial charge in [-0.1, -0.05) is 30.5 Å². The summed E-state index contributed by atoms with van der Waals surface area (Å²) >= 11 is 6.05. The molecule has 0 saturated heterocycles. The maximum atomic E-state index is 13.1. The van der Waals surface area contributed by atoms with Crippen LogP contribution >= 0.6 is 11.6 Å². The van der Waals surface area contributed by atoms with Crippen molar-refractivity contribution in [3.8, 4) is 5.75 Å². The van der Waals surface area contributed by atoms with Gasteiger partial charge in [0.25, 0.3) is 5.56 Å². The summed E-state index contributed by atoms with van der Waals surface area (Å²) in [4.78, 5) is 30.5. The fraction of sp³-hybridized carbons (Fsp3) is 0.304. The Kier molecular flexibility index (Phi) is 5.95. The fourth-order valence-electron chi connectivity index (χ4n) is 4.00. The maximum Gasteiger partial charge on any atom is 0.322 e. The lowest BCUT2D eigenvalue weighted by molar-refractivity contribution is 0.184. The molecule has 0 radical (unpaired) electrons. The zero-order valence-electron chi connectivity index (χ0n) is 16.8. The van der Waals surface area contributed by atoms with E-state index >= 15 is 0 Å². The number of anilines is 1. The van der Waals surface area contributed by atoms with Crippen LogP contribution in [0.5, 0.6) is 5.75 Å². The Bertz CT molecular complexity index is 1120. The van der Waals surface area contributed by atoms with Crippen molar-refractivity contribution >= 4 is 34.2 Å². The van der Waals surface area contributed by atoms with Crippen molar-refractivity contribution in [1.29, 1.82) is 0 Å². The van der Waals surface area contributed by atoms with Crippen LogP contribution in [0.15, 0.2) is 53.3 Å². The number of urea groups is 1.